The van der Waals surface area contributed by atoms with Crippen LogP contribution in [0.25, 0.3) is 0 Å². The normalized spacial score (nSPS) is 10.4. The van der Waals surface area contributed by atoms with Crippen LogP contribution in [0.3, 0.4) is 0 Å². The summed E-state index contributed by atoms with van der Waals surface area (Å²) in [7, 11) is 0. The molecule has 0 spiro atoms. The van der Waals surface area contributed by atoms with Crippen LogP contribution in [-0.2, 0) is 6.42 Å². The van der Waals surface area contributed by atoms with E-state index >= 15 is 0 Å². The molecule has 0 aromatic heterocycles. The van der Waals surface area contributed by atoms with E-state index in [0.717, 1.165) is 5.56 Å². The lowest BCUT2D eigenvalue weighted by Crippen LogP contribution is -2.13. The van der Waals surface area contributed by atoms with Crippen LogP contribution in [0.15, 0.2) is 42.5 Å². The van der Waals surface area contributed by atoms with Crippen LogP contribution < -0.4 is 4.74 Å². The highest BCUT2D eigenvalue weighted by Crippen LogP contribution is 2.23. The standard InChI is InChI=1S/C16H14Cl2O3/c17-12-5-6-13(14(18)9-12)15(20)10-21-16-4-2-1-3-11(16)7-8-19/h1-6,9,19H,7-8,10H2. The largest absolute Gasteiger partial charge is 0.485 e. The first-order chi connectivity index (χ1) is 10.1. The Morgan fingerprint density at radius 2 is 1.90 bits per heavy atom. The Bertz CT molecular complexity index is 641. The highest BCUT2D eigenvalue weighted by molar-refractivity contribution is 6.36. The number of carbonyl (C=O) groups excluding carboxylic acids is 1. The Hall–Kier alpha value is -1.55. The smallest absolute Gasteiger partial charge is 0.201 e. The first-order valence-corrected chi connectivity index (χ1v) is 7.17. The van der Waals surface area contributed by atoms with Gasteiger partial charge < -0.3 is 9.84 Å². The molecule has 0 saturated heterocycles. The van der Waals surface area contributed by atoms with E-state index in [-0.39, 0.29) is 19.0 Å². The SMILES string of the molecule is O=C(COc1ccccc1CCO)c1ccc(Cl)cc1Cl. The fraction of sp³-hybridized carbons (Fsp3) is 0.188. The second kappa shape index (κ2) is 7.46. The number of para-hydroxylation sites is 1. The number of halogens is 2. The minimum atomic E-state index is -0.226. The summed E-state index contributed by atoms with van der Waals surface area (Å²) in [5.74, 6) is 0.362. The Morgan fingerprint density at radius 3 is 2.62 bits per heavy atom. The fourth-order valence-corrected chi connectivity index (χ4v) is 2.42. The summed E-state index contributed by atoms with van der Waals surface area (Å²) in [5.41, 5.74) is 1.23. The molecule has 0 aliphatic heterocycles. The van der Waals surface area contributed by atoms with Gasteiger partial charge in [0.1, 0.15) is 5.75 Å². The third-order valence-corrected chi connectivity index (χ3v) is 3.49. The van der Waals surface area contributed by atoms with Crippen LogP contribution in [0.2, 0.25) is 10.0 Å². The van der Waals surface area contributed by atoms with Crippen molar-refractivity contribution in [1.29, 1.82) is 0 Å². The van der Waals surface area contributed by atoms with Crippen LogP contribution in [0.1, 0.15) is 15.9 Å². The summed E-state index contributed by atoms with van der Waals surface area (Å²) >= 11 is 11.8. The van der Waals surface area contributed by atoms with Crippen molar-refractivity contribution in [2.45, 2.75) is 6.42 Å². The highest BCUT2D eigenvalue weighted by Gasteiger charge is 2.12. The van der Waals surface area contributed by atoms with Gasteiger partial charge in [0.15, 0.2) is 6.61 Å². The van der Waals surface area contributed by atoms with Gasteiger partial charge in [-0.3, -0.25) is 4.79 Å². The number of hydrogen-bond acceptors (Lipinski definition) is 3. The van der Waals surface area contributed by atoms with Gasteiger partial charge in [0.25, 0.3) is 0 Å². The number of rotatable bonds is 6. The molecule has 3 nitrogen and oxygen atoms in total. The van der Waals surface area contributed by atoms with Crippen LogP contribution in [0, 0.1) is 0 Å². The molecule has 2 rings (SSSR count). The molecule has 0 heterocycles. The van der Waals surface area contributed by atoms with Gasteiger partial charge in [-0.25, -0.2) is 0 Å². The van der Waals surface area contributed by atoms with Crippen LogP contribution in [0.5, 0.6) is 5.75 Å². The third-order valence-electron chi connectivity index (χ3n) is 2.94. The second-order valence-corrected chi connectivity index (χ2v) is 5.26. The second-order valence-electron chi connectivity index (χ2n) is 4.42. The van der Waals surface area contributed by atoms with Crippen LogP contribution in [0.4, 0.5) is 0 Å². The lowest BCUT2D eigenvalue weighted by atomic mass is 10.1. The van der Waals surface area contributed by atoms with Gasteiger partial charge in [-0.05, 0) is 36.2 Å². The van der Waals surface area contributed by atoms with Gasteiger partial charge in [-0.15, -0.1) is 0 Å². The van der Waals surface area contributed by atoms with Crippen molar-refractivity contribution in [2.75, 3.05) is 13.2 Å². The van der Waals surface area contributed by atoms with Gasteiger partial charge in [0.05, 0.1) is 5.02 Å². The molecule has 0 aliphatic carbocycles. The molecule has 1 N–H and O–H groups in total. The predicted octanol–water partition coefficient (Wildman–Crippen LogP) is 3.79. The van der Waals surface area contributed by atoms with Gasteiger partial charge in [0.2, 0.25) is 5.78 Å². The highest BCUT2D eigenvalue weighted by atomic mass is 35.5. The van der Waals surface area contributed by atoms with Gasteiger partial charge in [-0.1, -0.05) is 41.4 Å². The number of aliphatic hydroxyl groups is 1. The number of ether oxygens (including phenoxy) is 1. The zero-order valence-corrected chi connectivity index (χ0v) is 12.7. The average molecular weight is 325 g/mol. The Labute approximate surface area is 133 Å². The van der Waals surface area contributed by atoms with E-state index < -0.39 is 0 Å². The molecule has 0 amide bonds. The summed E-state index contributed by atoms with van der Waals surface area (Å²) in [6, 6.07) is 12.0. The molecule has 2 aromatic rings. The van der Waals surface area contributed by atoms with Crippen molar-refractivity contribution < 1.29 is 14.6 Å². The summed E-state index contributed by atoms with van der Waals surface area (Å²) in [6.45, 7) is -0.0961. The van der Waals surface area contributed by atoms with E-state index in [0.29, 0.717) is 27.8 Å². The quantitative estimate of drug-likeness (QED) is 0.822. The zero-order valence-electron chi connectivity index (χ0n) is 11.2. The number of Topliss-reactive ketones (excluding diaryl/α,β-unsaturated/α-hetero) is 1. The number of aliphatic hydroxyl groups excluding tert-OH is 1. The lowest BCUT2D eigenvalue weighted by Gasteiger charge is -2.10. The van der Waals surface area contributed by atoms with Crippen LogP contribution in [-0.4, -0.2) is 24.1 Å². The lowest BCUT2D eigenvalue weighted by molar-refractivity contribution is 0.0921. The van der Waals surface area contributed by atoms with E-state index in [2.05, 4.69) is 0 Å². The fourth-order valence-electron chi connectivity index (χ4n) is 1.91. The molecule has 0 unspecified atom stereocenters. The average Bonchev–Trinajstić information content (AvgIpc) is 2.46. The molecule has 110 valence electrons. The predicted molar refractivity (Wildman–Crippen MR) is 83.5 cm³/mol. The zero-order chi connectivity index (χ0) is 15.2. The summed E-state index contributed by atoms with van der Waals surface area (Å²) in [4.78, 5) is 12.1. The Balaban J connectivity index is 2.07. The van der Waals surface area contributed by atoms with Gasteiger partial charge in [-0.2, -0.15) is 0 Å². The van der Waals surface area contributed by atoms with Crippen molar-refractivity contribution in [3.63, 3.8) is 0 Å². The third kappa shape index (κ3) is 4.21. The number of hydrogen-bond donors (Lipinski definition) is 1. The summed E-state index contributed by atoms with van der Waals surface area (Å²) < 4.78 is 5.54. The van der Waals surface area contributed by atoms with E-state index in [1.54, 1.807) is 18.2 Å². The van der Waals surface area contributed by atoms with Crippen molar-refractivity contribution in [3.05, 3.63) is 63.6 Å². The topological polar surface area (TPSA) is 46.5 Å². The molecule has 0 aliphatic rings. The molecule has 0 fully saturated rings. The molecular weight excluding hydrogens is 311 g/mol. The summed E-state index contributed by atoms with van der Waals surface area (Å²) in [5, 5.41) is 9.79. The molecule has 0 radical (unpaired) electrons. The number of benzene rings is 2. The maximum atomic E-state index is 12.1. The van der Waals surface area contributed by atoms with Crippen molar-refractivity contribution in [2.24, 2.45) is 0 Å². The molecule has 2 aromatic carbocycles. The number of ketones is 1. The van der Waals surface area contributed by atoms with E-state index in [9.17, 15) is 4.79 Å². The van der Waals surface area contributed by atoms with E-state index in [1.807, 2.05) is 18.2 Å². The minimum Gasteiger partial charge on any atom is -0.485 e. The molecule has 0 bridgehead atoms. The maximum absolute atomic E-state index is 12.1. The molecule has 0 saturated carbocycles. The minimum absolute atomic E-state index is 0.0251. The van der Waals surface area contributed by atoms with Crippen molar-refractivity contribution >= 4 is 29.0 Å². The molecule has 21 heavy (non-hydrogen) atoms. The Kier molecular flexibility index (Phi) is 5.62. The first-order valence-electron chi connectivity index (χ1n) is 6.41. The van der Waals surface area contributed by atoms with Crippen molar-refractivity contribution in [3.8, 4) is 5.75 Å². The van der Waals surface area contributed by atoms with E-state index in [4.69, 9.17) is 33.0 Å². The van der Waals surface area contributed by atoms with Crippen LogP contribution >= 0.6 is 23.2 Å². The van der Waals surface area contributed by atoms with Gasteiger partial charge >= 0.3 is 0 Å². The summed E-state index contributed by atoms with van der Waals surface area (Å²) in [6.07, 6.45) is 0.478. The molecular formula is C16H14Cl2O3. The van der Waals surface area contributed by atoms with E-state index in [1.165, 1.54) is 6.07 Å². The molecule has 0 atom stereocenters. The molecule has 5 heteroatoms. The first kappa shape index (κ1) is 15.8. The Morgan fingerprint density at radius 1 is 1.14 bits per heavy atom. The van der Waals surface area contributed by atoms with Gasteiger partial charge in [0, 0.05) is 17.2 Å². The van der Waals surface area contributed by atoms with Crippen molar-refractivity contribution in [1.82, 2.24) is 0 Å². The number of carbonyl (C=O) groups is 1. The monoisotopic (exact) mass is 324 g/mol. The maximum Gasteiger partial charge on any atom is 0.201 e.